The predicted octanol–water partition coefficient (Wildman–Crippen LogP) is 5.10. The number of rotatable bonds is 5. The molecule has 0 saturated heterocycles. The second kappa shape index (κ2) is 8.13. The Balaban J connectivity index is 1.96. The zero-order chi connectivity index (χ0) is 21.2. The maximum atomic E-state index is 12.7. The van der Waals surface area contributed by atoms with Gasteiger partial charge < -0.3 is 10.6 Å². The third-order valence-electron chi connectivity index (χ3n) is 3.38. The lowest BCUT2D eigenvalue weighted by atomic mass is 10.2. The van der Waals surface area contributed by atoms with Gasteiger partial charge in [-0.3, -0.25) is 10.1 Å². The normalized spacial score (nSPS) is 11.2. The minimum Gasteiger partial charge on any atom is -0.319 e. The average Bonchev–Trinajstić information content (AvgIpc) is 2.64. The molecule has 0 saturated carbocycles. The van der Waals surface area contributed by atoms with Gasteiger partial charge in [0, 0.05) is 16.9 Å². The molecule has 0 radical (unpaired) electrons. The molecule has 0 fully saturated rings. The largest absolute Gasteiger partial charge is 0.417 e. The molecule has 3 heterocycles. The number of halogens is 5. The minimum absolute atomic E-state index is 0.189. The Morgan fingerprint density at radius 3 is 2.28 bits per heavy atom. The quantitative estimate of drug-likeness (QED) is 0.375. The van der Waals surface area contributed by atoms with Crippen LogP contribution in [0.5, 0.6) is 0 Å². The van der Waals surface area contributed by atoms with Crippen molar-refractivity contribution in [3.63, 3.8) is 0 Å². The number of hydrogen-bond donors (Lipinski definition) is 2. The van der Waals surface area contributed by atoms with Gasteiger partial charge in [0.25, 0.3) is 0 Å². The van der Waals surface area contributed by atoms with Gasteiger partial charge in [0.2, 0.25) is 11.6 Å². The summed E-state index contributed by atoms with van der Waals surface area (Å²) in [7, 11) is 0. The molecule has 3 rings (SSSR count). The molecule has 0 spiro atoms. The van der Waals surface area contributed by atoms with Crippen LogP contribution in [0.1, 0.15) is 5.56 Å². The third kappa shape index (κ3) is 4.86. The van der Waals surface area contributed by atoms with E-state index in [4.69, 9.17) is 11.6 Å². The third-order valence-corrected chi connectivity index (χ3v) is 4.14. The number of alkyl halides is 3. The van der Waals surface area contributed by atoms with Crippen molar-refractivity contribution in [3.05, 3.63) is 62.1 Å². The van der Waals surface area contributed by atoms with E-state index in [1.807, 2.05) is 0 Å². The van der Waals surface area contributed by atoms with Crippen molar-refractivity contribution in [2.75, 3.05) is 10.6 Å². The predicted molar refractivity (Wildman–Crippen MR) is 101 cm³/mol. The molecule has 0 bridgehead atoms. The number of nitrogens with zero attached hydrogens (tertiary/aromatic N) is 5. The summed E-state index contributed by atoms with van der Waals surface area (Å²) in [5.41, 5.74) is -1.64. The van der Waals surface area contributed by atoms with Crippen molar-refractivity contribution in [3.8, 4) is 0 Å². The van der Waals surface area contributed by atoms with Gasteiger partial charge in [-0.25, -0.2) is 19.9 Å². The lowest BCUT2D eigenvalue weighted by Gasteiger charge is -2.11. The van der Waals surface area contributed by atoms with Gasteiger partial charge in [0.1, 0.15) is 12.1 Å². The van der Waals surface area contributed by atoms with E-state index in [9.17, 15) is 23.3 Å². The molecule has 3 aromatic heterocycles. The maximum absolute atomic E-state index is 12.7. The van der Waals surface area contributed by atoms with Crippen LogP contribution in [0, 0.1) is 10.1 Å². The standard InChI is InChI=1S/C15H8BrClF3N7O2/c16-8-1-2-10(21-5-8)25-13-11(27(28)29)14(24-6-23-13)26-12-9(17)3-7(4-22-12)15(18,19)20/h1-6H,(H2,21,22,23,24,25,26). The molecule has 14 heteroatoms. The van der Waals surface area contributed by atoms with Gasteiger partial charge in [-0.05, 0) is 34.1 Å². The van der Waals surface area contributed by atoms with Gasteiger partial charge >= 0.3 is 11.9 Å². The van der Waals surface area contributed by atoms with E-state index in [2.05, 4.69) is 46.5 Å². The highest BCUT2D eigenvalue weighted by Gasteiger charge is 2.32. The minimum atomic E-state index is -4.63. The Labute approximate surface area is 173 Å². The lowest BCUT2D eigenvalue weighted by Crippen LogP contribution is -2.09. The molecule has 0 aliphatic rings. The average molecular weight is 491 g/mol. The van der Waals surface area contributed by atoms with Gasteiger partial charge in [0.05, 0.1) is 15.5 Å². The SMILES string of the molecule is O=[N+]([O-])c1c(Nc2ccc(Br)cn2)ncnc1Nc1ncc(C(F)(F)F)cc1Cl. The number of hydrogen-bond acceptors (Lipinski definition) is 8. The van der Waals surface area contributed by atoms with Crippen LogP contribution in [0.3, 0.4) is 0 Å². The van der Waals surface area contributed by atoms with E-state index >= 15 is 0 Å². The summed E-state index contributed by atoms with van der Waals surface area (Å²) in [5.74, 6) is -0.482. The fourth-order valence-corrected chi connectivity index (χ4v) is 2.55. The molecular weight excluding hydrogens is 483 g/mol. The summed E-state index contributed by atoms with van der Waals surface area (Å²) in [4.78, 5) is 26.0. The molecule has 0 aliphatic heterocycles. The van der Waals surface area contributed by atoms with Crippen LogP contribution in [0.15, 0.2) is 41.4 Å². The van der Waals surface area contributed by atoms with E-state index in [0.29, 0.717) is 16.7 Å². The van der Waals surface area contributed by atoms with E-state index in [1.165, 1.54) is 6.20 Å². The first-order chi connectivity index (χ1) is 13.6. The van der Waals surface area contributed by atoms with Crippen molar-refractivity contribution in [2.45, 2.75) is 6.18 Å². The van der Waals surface area contributed by atoms with E-state index in [-0.39, 0.29) is 23.3 Å². The highest BCUT2D eigenvalue weighted by atomic mass is 79.9. The molecular formula is C15H8BrClF3N7O2. The lowest BCUT2D eigenvalue weighted by molar-refractivity contribution is -0.383. The summed E-state index contributed by atoms with van der Waals surface area (Å²) < 4.78 is 38.9. The van der Waals surface area contributed by atoms with Crippen LogP contribution in [-0.4, -0.2) is 24.9 Å². The maximum Gasteiger partial charge on any atom is 0.417 e. The molecule has 0 aromatic carbocycles. The summed E-state index contributed by atoms with van der Waals surface area (Å²) >= 11 is 9.05. The Bertz CT molecular complexity index is 1070. The first-order valence-corrected chi connectivity index (χ1v) is 8.70. The van der Waals surface area contributed by atoms with Crippen molar-refractivity contribution < 1.29 is 18.1 Å². The Kier molecular flexibility index (Phi) is 5.79. The van der Waals surface area contributed by atoms with Crippen LogP contribution >= 0.6 is 27.5 Å². The first-order valence-electron chi connectivity index (χ1n) is 7.53. The van der Waals surface area contributed by atoms with Gasteiger partial charge in [-0.15, -0.1) is 0 Å². The zero-order valence-corrected chi connectivity index (χ0v) is 16.2. The number of nitrogens with one attached hydrogen (secondary N) is 2. The molecule has 9 nitrogen and oxygen atoms in total. The van der Waals surface area contributed by atoms with Crippen molar-refractivity contribution in [1.82, 2.24) is 19.9 Å². The van der Waals surface area contributed by atoms with E-state index in [0.717, 1.165) is 6.33 Å². The fraction of sp³-hybridized carbons (Fsp3) is 0.0667. The second-order valence-corrected chi connectivity index (χ2v) is 6.66. The van der Waals surface area contributed by atoms with Crippen LogP contribution < -0.4 is 10.6 Å². The number of aromatic nitrogens is 4. The molecule has 0 atom stereocenters. The molecule has 150 valence electrons. The van der Waals surface area contributed by atoms with Crippen LogP contribution in [-0.2, 0) is 6.18 Å². The first kappa shape index (κ1) is 20.7. The zero-order valence-electron chi connectivity index (χ0n) is 13.9. The van der Waals surface area contributed by atoms with E-state index in [1.54, 1.807) is 12.1 Å². The van der Waals surface area contributed by atoms with E-state index < -0.39 is 27.4 Å². The molecule has 29 heavy (non-hydrogen) atoms. The van der Waals surface area contributed by atoms with Crippen LogP contribution in [0.2, 0.25) is 5.02 Å². The van der Waals surface area contributed by atoms with Gasteiger partial charge in [-0.1, -0.05) is 11.6 Å². The summed E-state index contributed by atoms with van der Waals surface area (Å²) in [6, 6.07) is 3.86. The van der Waals surface area contributed by atoms with Crippen LogP contribution in [0.4, 0.5) is 42.1 Å². The molecule has 2 N–H and O–H groups in total. The van der Waals surface area contributed by atoms with Crippen molar-refractivity contribution in [1.29, 1.82) is 0 Å². The highest BCUT2D eigenvalue weighted by Crippen LogP contribution is 2.36. The molecule has 3 aromatic rings. The Morgan fingerprint density at radius 2 is 1.72 bits per heavy atom. The fourth-order valence-electron chi connectivity index (χ4n) is 2.10. The molecule has 0 amide bonds. The van der Waals surface area contributed by atoms with Crippen molar-refractivity contribution >= 4 is 56.5 Å². The van der Waals surface area contributed by atoms with Gasteiger partial charge in [-0.2, -0.15) is 13.2 Å². The van der Waals surface area contributed by atoms with Crippen LogP contribution in [0.25, 0.3) is 0 Å². The summed E-state index contributed by atoms with van der Waals surface area (Å²) in [5, 5.41) is 16.3. The Morgan fingerprint density at radius 1 is 1.03 bits per heavy atom. The summed E-state index contributed by atoms with van der Waals surface area (Å²) in [6.45, 7) is 0. The number of anilines is 4. The number of pyridine rings is 2. The smallest absolute Gasteiger partial charge is 0.319 e. The van der Waals surface area contributed by atoms with Crippen molar-refractivity contribution in [2.24, 2.45) is 0 Å². The highest BCUT2D eigenvalue weighted by molar-refractivity contribution is 9.10. The van der Waals surface area contributed by atoms with Gasteiger partial charge in [0.15, 0.2) is 5.82 Å². The second-order valence-electron chi connectivity index (χ2n) is 5.34. The molecule has 0 aliphatic carbocycles. The Hall–Kier alpha value is -3.06. The monoisotopic (exact) mass is 489 g/mol. The molecule has 0 unspecified atom stereocenters. The summed E-state index contributed by atoms with van der Waals surface area (Å²) in [6.07, 6.45) is -1.59. The topological polar surface area (TPSA) is 119 Å². The number of nitro groups is 1.